The number of nitrogens with two attached hydrogens (primary N) is 1. The fourth-order valence-electron chi connectivity index (χ4n) is 1.13. The van der Waals surface area contributed by atoms with Crippen molar-refractivity contribution in [1.29, 1.82) is 0 Å². The Kier molecular flexibility index (Phi) is 3.46. The molecule has 4 nitrogen and oxygen atoms in total. The van der Waals surface area contributed by atoms with Crippen molar-refractivity contribution >= 4 is 51.7 Å². The molecule has 0 aliphatic heterocycles. The second-order valence-corrected chi connectivity index (χ2v) is 4.82. The molecule has 16 heavy (non-hydrogen) atoms. The summed E-state index contributed by atoms with van der Waals surface area (Å²) in [5.41, 5.74) is 6.23. The maximum atomic E-state index is 6.00. The number of anilines is 1. The summed E-state index contributed by atoms with van der Waals surface area (Å²) >= 11 is 13.8. The van der Waals surface area contributed by atoms with Crippen molar-refractivity contribution < 1.29 is 0 Å². The Balaban J connectivity index is 2.54. The topological polar surface area (TPSA) is 64.7 Å². The first-order chi connectivity index (χ1) is 7.56. The van der Waals surface area contributed by atoms with Gasteiger partial charge in [-0.2, -0.15) is 15.0 Å². The van der Waals surface area contributed by atoms with Crippen molar-refractivity contribution in [2.45, 2.75) is 0 Å². The number of aromatic nitrogens is 3. The zero-order valence-electron chi connectivity index (χ0n) is 7.78. The minimum atomic E-state index is 0.0668. The van der Waals surface area contributed by atoms with Crippen LogP contribution in [0.1, 0.15) is 0 Å². The predicted molar refractivity (Wildman–Crippen MR) is 72.4 cm³/mol. The second-order valence-electron chi connectivity index (χ2n) is 2.92. The van der Waals surface area contributed by atoms with E-state index >= 15 is 0 Å². The highest BCUT2D eigenvalue weighted by Crippen LogP contribution is 2.25. The molecule has 0 saturated heterocycles. The van der Waals surface area contributed by atoms with Gasteiger partial charge in [0.2, 0.25) is 11.2 Å². The Labute approximate surface area is 115 Å². The molecule has 0 fully saturated rings. The molecule has 2 N–H and O–H groups in total. The molecule has 0 aliphatic carbocycles. The fraction of sp³-hybridized carbons (Fsp3) is 0. The molecule has 2 rings (SSSR count). The van der Waals surface area contributed by atoms with Crippen LogP contribution in [0.2, 0.25) is 10.3 Å². The molecular formula is C9H5Cl2IN4. The molecule has 7 heteroatoms. The number of nitrogen functional groups attached to an aromatic ring is 1. The first-order valence-electron chi connectivity index (χ1n) is 4.19. The zero-order valence-corrected chi connectivity index (χ0v) is 11.5. The normalized spacial score (nSPS) is 10.4. The van der Waals surface area contributed by atoms with Crippen molar-refractivity contribution in [2.24, 2.45) is 0 Å². The minimum absolute atomic E-state index is 0.0668. The van der Waals surface area contributed by atoms with Gasteiger partial charge in [-0.15, -0.1) is 0 Å². The molecule has 1 aromatic carbocycles. The largest absolute Gasteiger partial charge is 0.368 e. The number of nitrogens with zero attached hydrogens (tertiary/aromatic N) is 3. The highest BCUT2D eigenvalue weighted by Gasteiger charge is 2.07. The Morgan fingerprint density at radius 1 is 1.12 bits per heavy atom. The second kappa shape index (κ2) is 4.68. The van der Waals surface area contributed by atoms with Gasteiger partial charge in [0, 0.05) is 9.13 Å². The van der Waals surface area contributed by atoms with Crippen LogP contribution >= 0.6 is 45.8 Å². The Morgan fingerprint density at radius 2 is 1.88 bits per heavy atom. The summed E-state index contributed by atoms with van der Waals surface area (Å²) in [6, 6.07) is 5.47. The SMILES string of the molecule is Nc1nc(Cl)nc(-c2ccc(I)c(Cl)c2)n1. The van der Waals surface area contributed by atoms with E-state index in [-0.39, 0.29) is 11.2 Å². The summed E-state index contributed by atoms with van der Waals surface area (Å²) in [4.78, 5) is 11.6. The molecule has 1 aromatic heterocycles. The highest BCUT2D eigenvalue weighted by molar-refractivity contribution is 14.1. The number of halogens is 3. The van der Waals surface area contributed by atoms with E-state index in [2.05, 4.69) is 37.5 Å². The molecule has 0 aliphatic rings. The Bertz CT molecular complexity index is 527. The van der Waals surface area contributed by atoms with E-state index in [0.717, 1.165) is 9.13 Å². The third-order valence-corrected chi connectivity index (χ3v) is 3.54. The molecule has 0 spiro atoms. The van der Waals surface area contributed by atoms with Crippen LogP contribution < -0.4 is 5.73 Å². The summed E-state index contributed by atoms with van der Waals surface area (Å²) in [5, 5.41) is 0.699. The quantitative estimate of drug-likeness (QED) is 0.788. The van der Waals surface area contributed by atoms with Gasteiger partial charge in [-0.3, -0.25) is 0 Å². The van der Waals surface area contributed by atoms with E-state index in [0.29, 0.717) is 10.8 Å². The lowest BCUT2D eigenvalue weighted by atomic mass is 10.2. The molecular weight excluding hydrogens is 362 g/mol. The smallest absolute Gasteiger partial charge is 0.227 e. The minimum Gasteiger partial charge on any atom is -0.368 e. The lowest BCUT2D eigenvalue weighted by Gasteiger charge is -2.03. The van der Waals surface area contributed by atoms with Gasteiger partial charge in [0.25, 0.3) is 0 Å². The molecule has 82 valence electrons. The predicted octanol–water partition coefficient (Wildman–Crippen LogP) is 3.03. The first-order valence-corrected chi connectivity index (χ1v) is 6.02. The zero-order chi connectivity index (χ0) is 11.7. The molecule has 0 saturated carbocycles. The van der Waals surface area contributed by atoms with Gasteiger partial charge in [0.05, 0.1) is 5.02 Å². The summed E-state index contributed by atoms with van der Waals surface area (Å²) < 4.78 is 0.955. The maximum Gasteiger partial charge on any atom is 0.227 e. The summed E-state index contributed by atoms with van der Waals surface area (Å²) in [6.45, 7) is 0. The number of hydrogen-bond acceptors (Lipinski definition) is 4. The van der Waals surface area contributed by atoms with Crippen LogP contribution in [0.25, 0.3) is 11.4 Å². The molecule has 1 heterocycles. The van der Waals surface area contributed by atoms with Crippen LogP contribution in [-0.4, -0.2) is 15.0 Å². The number of hydrogen-bond donors (Lipinski definition) is 1. The van der Waals surface area contributed by atoms with Gasteiger partial charge in [-0.1, -0.05) is 17.7 Å². The van der Waals surface area contributed by atoms with Crippen molar-refractivity contribution in [3.63, 3.8) is 0 Å². The van der Waals surface area contributed by atoms with E-state index in [1.54, 1.807) is 6.07 Å². The fourth-order valence-corrected chi connectivity index (χ4v) is 1.81. The lowest BCUT2D eigenvalue weighted by molar-refractivity contribution is 1.07. The summed E-state index contributed by atoms with van der Waals surface area (Å²) in [5.74, 6) is 0.500. The van der Waals surface area contributed by atoms with Gasteiger partial charge in [-0.05, 0) is 46.3 Å². The van der Waals surface area contributed by atoms with E-state index in [1.807, 2.05) is 12.1 Å². The summed E-state index contributed by atoms with van der Waals surface area (Å²) in [6.07, 6.45) is 0. The van der Waals surface area contributed by atoms with Crippen LogP contribution in [0.4, 0.5) is 5.95 Å². The van der Waals surface area contributed by atoms with Gasteiger partial charge in [0.1, 0.15) is 0 Å². The van der Waals surface area contributed by atoms with Gasteiger partial charge in [-0.25, -0.2) is 0 Å². The van der Waals surface area contributed by atoms with Gasteiger partial charge >= 0.3 is 0 Å². The third kappa shape index (κ3) is 2.53. The van der Waals surface area contributed by atoms with Crippen LogP contribution in [0.3, 0.4) is 0 Å². The molecule has 0 bridgehead atoms. The van der Waals surface area contributed by atoms with Crippen molar-refractivity contribution in [1.82, 2.24) is 15.0 Å². The third-order valence-electron chi connectivity index (χ3n) is 1.80. The first kappa shape index (κ1) is 11.8. The van der Waals surface area contributed by atoms with Gasteiger partial charge < -0.3 is 5.73 Å². The highest BCUT2D eigenvalue weighted by atomic mass is 127. The van der Waals surface area contributed by atoms with E-state index in [1.165, 1.54) is 0 Å². The Hall–Kier alpha value is -0.660. The van der Waals surface area contributed by atoms with E-state index in [4.69, 9.17) is 28.9 Å². The van der Waals surface area contributed by atoms with Crippen molar-refractivity contribution in [2.75, 3.05) is 5.73 Å². The van der Waals surface area contributed by atoms with Crippen molar-refractivity contribution in [3.05, 3.63) is 32.1 Å². The molecule has 0 amide bonds. The van der Waals surface area contributed by atoms with Gasteiger partial charge in [0.15, 0.2) is 5.82 Å². The number of benzene rings is 1. The standard InChI is InChI=1S/C9H5Cl2IN4/c10-5-3-4(1-2-6(5)12)7-14-8(11)16-9(13)15-7/h1-3H,(H2,13,14,15,16). The van der Waals surface area contributed by atoms with Crippen LogP contribution in [0.15, 0.2) is 18.2 Å². The van der Waals surface area contributed by atoms with Crippen molar-refractivity contribution in [3.8, 4) is 11.4 Å². The molecule has 0 atom stereocenters. The van der Waals surface area contributed by atoms with E-state index < -0.39 is 0 Å². The number of rotatable bonds is 1. The Morgan fingerprint density at radius 3 is 2.50 bits per heavy atom. The average molecular weight is 367 g/mol. The van der Waals surface area contributed by atoms with Crippen LogP contribution in [0, 0.1) is 3.57 Å². The average Bonchev–Trinajstić information content (AvgIpc) is 2.20. The van der Waals surface area contributed by atoms with E-state index in [9.17, 15) is 0 Å². The molecule has 2 aromatic rings. The molecule has 0 unspecified atom stereocenters. The lowest BCUT2D eigenvalue weighted by Crippen LogP contribution is -1.99. The maximum absolute atomic E-state index is 6.00. The molecule has 0 radical (unpaired) electrons. The van der Waals surface area contributed by atoms with Crippen LogP contribution in [-0.2, 0) is 0 Å². The van der Waals surface area contributed by atoms with Crippen LogP contribution in [0.5, 0.6) is 0 Å². The monoisotopic (exact) mass is 366 g/mol. The summed E-state index contributed by atoms with van der Waals surface area (Å²) in [7, 11) is 0.